The summed E-state index contributed by atoms with van der Waals surface area (Å²) in [5.74, 6) is 0. The van der Waals surface area contributed by atoms with Crippen LogP contribution in [0.15, 0.2) is 176 Å². The molecule has 236 valence electrons. The van der Waals surface area contributed by atoms with E-state index in [1.807, 2.05) is 0 Å². The van der Waals surface area contributed by atoms with Gasteiger partial charge >= 0.3 is 0 Å². The van der Waals surface area contributed by atoms with Gasteiger partial charge in [-0.05, 0) is 114 Å². The zero-order chi connectivity index (χ0) is 33.4. The van der Waals surface area contributed by atoms with Gasteiger partial charge in [-0.2, -0.15) is 0 Å². The number of fused-ring (bicyclic) bond motifs is 6. The van der Waals surface area contributed by atoms with Crippen molar-refractivity contribution in [3.05, 3.63) is 187 Å². The lowest BCUT2D eigenvalue weighted by Gasteiger charge is -2.28. The van der Waals surface area contributed by atoms with Gasteiger partial charge in [-0.1, -0.05) is 153 Å². The van der Waals surface area contributed by atoms with Crippen LogP contribution in [0.3, 0.4) is 0 Å². The Bertz CT molecular complexity index is 2590. The third-order valence-electron chi connectivity index (χ3n) is 11.0. The van der Waals surface area contributed by atoms with E-state index in [0.717, 1.165) is 17.1 Å². The van der Waals surface area contributed by atoms with Gasteiger partial charge in [0.15, 0.2) is 0 Å². The number of hydrogen-bond donors (Lipinski definition) is 0. The second kappa shape index (κ2) is 10.9. The molecule has 1 heteroatoms. The highest BCUT2D eigenvalue weighted by atomic mass is 15.1. The van der Waals surface area contributed by atoms with Crippen molar-refractivity contribution in [2.45, 2.75) is 19.3 Å². The second-order valence-corrected chi connectivity index (χ2v) is 14.1. The number of hydrogen-bond acceptors (Lipinski definition) is 1. The Morgan fingerprint density at radius 3 is 1.68 bits per heavy atom. The molecular formula is C49H35N. The average molecular weight is 638 g/mol. The molecule has 0 saturated carbocycles. The fourth-order valence-corrected chi connectivity index (χ4v) is 8.56. The fourth-order valence-electron chi connectivity index (χ4n) is 8.56. The molecule has 1 nitrogen and oxygen atoms in total. The molecule has 10 rings (SSSR count). The molecule has 0 amide bonds. The van der Waals surface area contributed by atoms with Crippen molar-refractivity contribution in [1.82, 2.24) is 0 Å². The summed E-state index contributed by atoms with van der Waals surface area (Å²) in [5.41, 5.74) is 19.0. The summed E-state index contributed by atoms with van der Waals surface area (Å²) in [4.78, 5) is 2.41. The van der Waals surface area contributed by atoms with Gasteiger partial charge < -0.3 is 4.90 Å². The second-order valence-electron chi connectivity index (χ2n) is 14.1. The standard InChI is InChI=1S/C49H35N/c1-49(2)45-18-9-8-15-41(45)42-30-28-38(31-46(42)49)50(36-24-19-33(20-25-36)32-11-4-3-5-12-32)37-26-21-34(22-27-37)39-29-23-35-13-10-17-43-40-14-6-7-16-44(40)48(39)47(35)43/h3-31H,1-2H3. The molecule has 0 atom stereocenters. The van der Waals surface area contributed by atoms with Crippen LogP contribution in [0.2, 0.25) is 0 Å². The topological polar surface area (TPSA) is 3.24 Å². The van der Waals surface area contributed by atoms with Crippen LogP contribution in [0.1, 0.15) is 25.0 Å². The SMILES string of the molecule is CC1(C)c2ccccc2-c2ccc(N(c3ccc(-c4ccccc4)cc3)c3ccc(-c4ccc5cccc6c5c4-c4ccccc4-6)cc3)cc21. The minimum Gasteiger partial charge on any atom is -0.310 e. The summed E-state index contributed by atoms with van der Waals surface area (Å²) >= 11 is 0. The molecule has 2 aliphatic rings. The largest absolute Gasteiger partial charge is 0.310 e. The van der Waals surface area contributed by atoms with Crippen LogP contribution < -0.4 is 4.90 Å². The van der Waals surface area contributed by atoms with Crippen LogP contribution in [0, 0.1) is 0 Å². The Hall–Kier alpha value is -6.18. The van der Waals surface area contributed by atoms with E-state index in [1.165, 1.54) is 77.5 Å². The molecule has 0 bridgehead atoms. The highest BCUT2D eigenvalue weighted by Crippen LogP contribution is 2.52. The van der Waals surface area contributed by atoms with Gasteiger partial charge in [0.1, 0.15) is 0 Å². The van der Waals surface area contributed by atoms with Crippen LogP contribution in [0.5, 0.6) is 0 Å². The molecule has 0 radical (unpaired) electrons. The molecule has 0 saturated heterocycles. The zero-order valence-corrected chi connectivity index (χ0v) is 28.2. The maximum absolute atomic E-state index is 2.41. The van der Waals surface area contributed by atoms with Crippen molar-refractivity contribution in [3.63, 3.8) is 0 Å². The lowest BCUT2D eigenvalue weighted by atomic mass is 9.82. The lowest BCUT2D eigenvalue weighted by Crippen LogP contribution is -2.16. The number of benzene rings is 8. The van der Waals surface area contributed by atoms with Crippen LogP contribution in [0.25, 0.3) is 66.4 Å². The predicted octanol–water partition coefficient (Wildman–Crippen LogP) is 13.6. The van der Waals surface area contributed by atoms with Gasteiger partial charge in [0.05, 0.1) is 0 Å². The summed E-state index contributed by atoms with van der Waals surface area (Å²) in [6, 6.07) is 64.8. The van der Waals surface area contributed by atoms with E-state index in [9.17, 15) is 0 Å². The maximum Gasteiger partial charge on any atom is 0.0465 e. The van der Waals surface area contributed by atoms with Crippen molar-refractivity contribution in [1.29, 1.82) is 0 Å². The molecule has 0 unspecified atom stereocenters. The van der Waals surface area contributed by atoms with Crippen molar-refractivity contribution in [3.8, 4) is 55.6 Å². The van der Waals surface area contributed by atoms with Gasteiger partial charge in [0.2, 0.25) is 0 Å². The minimum atomic E-state index is -0.0808. The summed E-state index contributed by atoms with van der Waals surface area (Å²) in [6.45, 7) is 4.71. The zero-order valence-electron chi connectivity index (χ0n) is 28.2. The Morgan fingerprint density at radius 1 is 0.360 bits per heavy atom. The number of anilines is 3. The highest BCUT2D eigenvalue weighted by Gasteiger charge is 2.35. The Balaban J connectivity index is 1.10. The third-order valence-corrected chi connectivity index (χ3v) is 11.0. The molecule has 0 aromatic heterocycles. The summed E-state index contributed by atoms with van der Waals surface area (Å²) in [5, 5.41) is 2.65. The molecule has 0 fully saturated rings. The lowest BCUT2D eigenvalue weighted by molar-refractivity contribution is 0.660. The molecule has 0 heterocycles. The van der Waals surface area contributed by atoms with Crippen molar-refractivity contribution >= 4 is 27.8 Å². The Labute approximate surface area is 293 Å². The first-order chi connectivity index (χ1) is 24.6. The fraction of sp³-hybridized carbons (Fsp3) is 0.0612. The summed E-state index contributed by atoms with van der Waals surface area (Å²) < 4.78 is 0. The smallest absolute Gasteiger partial charge is 0.0465 e. The van der Waals surface area contributed by atoms with Crippen LogP contribution in [-0.2, 0) is 5.41 Å². The van der Waals surface area contributed by atoms with E-state index in [2.05, 4.69) is 195 Å². The monoisotopic (exact) mass is 637 g/mol. The molecule has 0 N–H and O–H groups in total. The molecule has 0 aliphatic heterocycles. The molecule has 0 spiro atoms. The Kier molecular flexibility index (Phi) is 6.29. The third kappa shape index (κ3) is 4.27. The predicted molar refractivity (Wildman–Crippen MR) is 211 cm³/mol. The molecule has 2 aliphatic carbocycles. The average Bonchev–Trinajstić information content (AvgIpc) is 3.63. The molecule has 50 heavy (non-hydrogen) atoms. The molecule has 8 aromatic carbocycles. The van der Waals surface area contributed by atoms with E-state index in [4.69, 9.17) is 0 Å². The van der Waals surface area contributed by atoms with E-state index in [-0.39, 0.29) is 5.41 Å². The summed E-state index contributed by atoms with van der Waals surface area (Å²) in [7, 11) is 0. The van der Waals surface area contributed by atoms with Crippen molar-refractivity contribution < 1.29 is 0 Å². The van der Waals surface area contributed by atoms with Crippen molar-refractivity contribution in [2.24, 2.45) is 0 Å². The highest BCUT2D eigenvalue weighted by molar-refractivity contribution is 6.19. The normalized spacial score (nSPS) is 13.2. The van der Waals surface area contributed by atoms with E-state index in [0.29, 0.717) is 0 Å². The van der Waals surface area contributed by atoms with E-state index >= 15 is 0 Å². The van der Waals surface area contributed by atoms with Crippen LogP contribution in [0.4, 0.5) is 17.1 Å². The van der Waals surface area contributed by atoms with Gasteiger partial charge in [0, 0.05) is 22.5 Å². The maximum atomic E-state index is 2.41. The first-order valence-corrected chi connectivity index (χ1v) is 17.5. The molecule has 8 aromatic rings. The van der Waals surface area contributed by atoms with E-state index < -0.39 is 0 Å². The molecular weight excluding hydrogens is 603 g/mol. The van der Waals surface area contributed by atoms with Crippen molar-refractivity contribution in [2.75, 3.05) is 4.90 Å². The van der Waals surface area contributed by atoms with E-state index in [1.54, 1.807) is 0 Å². The first-order valence-electron chi connectivity index (χ1n) is 17.5. The van der Waals surface area contributed by atoms with Gasteiger partial charge in [0.25, 0.3) is 0 Å². The quantitative estimate of drug-likeness (QED) is 0.181. The van der Waals surface area contributed by atoms with Crippen LogP contribution >= 0.6 is 0 Å². The number of rotatable bonds is 5. The summed E-state index contributed by atoms with van der Waals surface area (Å²) in [6.07, 6.45) is 0. The minimum absolute atomic E-state index is 0.0808. The van der Waals surface area contributed by atoms with Gasteiger partial charge in [-0.15, -0.1) is 0 Å². The first kappa shape index (κ1) is 28.8. The van der Waals surface area contributed by atoms with Gasteiger partial charge in [-0.25, -0.2) is 0 Å². The number of nitrogens with zero attached hydrogens (tertiary/aromatic N) is 1. The Morgan fingerprint density at radius 2 is 0.920 bits per heavy atom. The van der Waals surface area contributed by atoms with Gasteiger partial charge in [-0.3, -0.25) is 0 Å². The van der Waals surface area contributed by atoms with Crippen LogP contribution in [-0.4, -0.2) is 0 Å².